The van der Waals surface area contributed by atoms with Crippen molar-refractivity contribution >= 4 is 17.9 Å². The molecule has 17 heavy (non-hydrogen) atoms. The summed E-state index contributed by atoms with van der Waals surface area (Å²) in [6.07, 6.45) is 0. The van der Waals surface area contributed by atoms with Gasteiger partial charge in [0.1, 0.15) is 0 Å². The van der Waals surface area contributed by atoms with Crippen molar-refractivity contribution < 1.29 is 8.42 Å². The number of hydrogen-bond acceptors (Lipinski definition) is 2. The Morgan fingerprint density at radius 1 is 1.06 bits per heavy atom. The van der Waals surface area contributed by atoms with Crippen LogP contribution in [-0.4, -0.2) is 21.9 Å². The highest BCUT2D eigenvalue weighted by Gasteiger charge is 2.39. The van der Waals surface area contributed by atoms with Gasteiger partial charge in [-0.15, -0.1) is 0 Å². The van der Waals surface area contributed by atoms with E-state index in [0.29, 0.717) is 10.3 Å². The molecule has 0 saturated carbocycles. The SMILES string of the molecule is CC(C)(C)[Si](C)(C)CS(=O)(=O)c1ccccc1. The molecule has 0 heterocycles. The number of sulfone groups is 1. The highest BCUT2D eigenvalue weighted by Crippen LogP contribution is 2.37. The van der Waals surface area contributed by atoms with Crippen molar-refractivity contribution in [1.82, 2.24) is 0 Å². The number of benzene rings is 1. The van der Waals surface area contributed by atoms with Crippen LogP contribution in [0.3, 0.4) is 0 Å². The lowest BCUT2D eigenvalue weighted by molar-refractivity contribution is 0.598. The van der Waals surface area contributed by atoms with Gasteiger partial charge >= 0.3 is 0 Å². The zero-order chi connectivity index (χ0) is 13.3. The molecule has 0 N–H and O–H groups in total. The molecule has 0 radical (unpaired) electrons. The second-order valence-electron chi connectivity index (χ2n) is 6.21. The van der Waals surface area contributed by atoms with Gasteiger partial charge in [-0.25, -0.2) is 8.42 Å². The van der Waals surface area contributed by atoms with E-state index < -0.39 is 17.9 Å². The van der Waals surface area contributed by atoms with Gasteiger partial charge in [0, 0.05) is 5.38 Å². The number of hydrogen-bond donors (Lipinski definition) is 0. The third-order valence-corrected chi connectivity index (χ3v) is 13.1. The maximum atomic E-state index is 12.3. The molecule has 1 aromatic rings. The quantitative estimate of drug-likeness (QED) is 0.788. The molecule has 96 valence electrons. The minimum atomic E-state index is -3.14. The van der Waals surface area contributed by atoms with E-state index in [1.54, 1.807) is 24.3 Å². The summed E-state index contributed by atoms with van der Waals surface area (Å²) in [5, 5.41) is 0.405. The Morgan fingerprint density at radius 3 is 1.94 bits per heavy atom. The smallest absolute Gasteiger partial charge is 0.175 e. The van der Waals surface area contributed by atoms with Crippen LogP contribution in [0, 0.1) is 0 Å². The summed E-state index contributed by atoms with van der Waals surface area (Å²) in [6, 6.07) is 8.76. The largest absolute Gasteiger partial charge is 0.224 e. The Kier molecular flexibility index (Phi) is 3.89. The van der Waals surface area contributed by atoms with Crippen LogP contribution in [-0.2, 0) is 9.84 Å². The minimum Gasteiger partial charge on any atom is -0.224 e. The van der Waals surface area contributed by atoms with E-state index in [1.165, 1.54) is 0 Å². The summed E-state index contributed by atoms with van der Waals surface area (Å²) >= 11 is 0. The first-order valence-corrected chi connectivity index (χ1v) is 10.7. The molecule has 0 bridgehead atoms. The van der Waals surface area contributed by atoms with E-state index in [4.69, 9.17) is 0 Å². The fraction of sp³-hybridized carbons (Fsp3) is 0.538. The highest BCUT2D eigenvalue weighted by molar-refractivity contribution is 7.93. The van der Waals surface area contributed by atoms with Gasteiger partial charge in [0.25, 0.3) is 0 Å². The van der Waals surface area contributed by atoms with Crippen molar-refractivity contribution in [1.29, 1.82) is 0 Å². The van der Waals surface area contributed by atoms with Gasteiger partial charge in [0.2, 0.25) is 0 Å². The molecule has 0 atom stereocenters. The average molecular weight is 270 g/mol. The Balaban J connectivity index is 3.04. The van der Waals surface area contributed by atoms with E-state index in [1.807, 2.05) is 6.07 Å². The third-order valence-electron chi connectivity index (χ3n) is 3.68. The van der Waals surface area contributed by atoms with Crippen LogP contribution in [0.4, 0.5) is 0 Å². The predicted octanol–water partition coefficient (Wildman–Crippen LogP) is 3.51. The first-order chi connectivity index (χ1) is 7.56. The fourth-order valence-corrected chi connectivity index (χ4v) is 8.17. The second kappa shape index (κ2) is 4.57. The molecule has 0 spiro atoms. The molecular formula is C13H22O2SSi. The third kappa shape index (κ3) is 3.42. The highest BCUT2D eigenvalue weighted by atomic mass is 32.2. The summed E-state index contributed by atoms with van der Waals surface area (Å²) in [7, 11) is -4.95. The molecule has 0 unspecified atom stereocenters. The topological polar surface area (TPSA) is 34.1 Å². The summed E-state index contributed by atoms with van der Waals surface area (Å²) in [6.45, 7) is 10.7. The monoisotopic (exact) mass is 270 g/mol. The van der Waals surface area contributed by atoms with Crippen molar-refractivity contribution in [3.8, 4) is 0 Å². The molecule has 0 aliphatic rings. The van der Waals surface area contributed by atoms with E-state index in [2.05, 4.69) is 33.9 Å². The van der Waals surface area contributed by atoms with Crippen molar-refractivity contribution in [2.24, 2.45) is 0 Å². The lowest BCUT2D eigenvalue weighted by atomic mass is 10.2. The summed E-state index contributed by atoms with van der Waals surface area (Å²) < 4.78 is 24.7. The standard InChI is InChI=1S/C13H22O2SSi/c1-13(2,3)17(4,5)11-16(14,15)12-9-7-6-8-10-12/h6-10H,11H2,1-5H3. The normalized spacial score (nSPS) is 13.7. The Bertz CT molecular complexity index is 470. The van der Waals surface area contributed by atoms with Crippen LogP contribution >= 0.6 is 0 Å². The van der Waals surface area contributed by atoms with E-state index in [0.717, 1.165) is 0 Å². The molecule has 0 saturated heterocycles. The molecule has 4 heteroatoms. The first-order valence-electron chi connectivity index (χ1n) is 5.84. The molecule has 0 aromatic heterocycles. The van der Waals surface area contributed by atoms with Gasteiger partial charge in [0.05, 0.1) is 13.0 Å². The average Bonchev–Trinajstić information content (AvgIpc) is 2.15. The van der Waals surface area contributed by atoms with Gasteiger partial charge in [-0.2, -0.15) is 0 Å². The van der Waals surface area contributed by atoms with E-state index in [-0.39, 0.29) is 5.04 Å². The number of rotatable bonds is 3. The summed E-state index contributed by atoms with van der Waals surface area (Å²) in [5.41, 5.74) is 0. The molecule has 0 aliphatic heterocycles. The fourth-order valence-electron chi connectivity index (χ4n) is 1.40. The summed E-state index contributed by atoms with van der Waals surface area (Å²) in [4.78, 5) is 0.449. The second-order valence-corrected chi connectivity index (χ2v) is 14.3. The van der Waals surface area contributed by atoms with Gasteiger partial charge in [0.15, 0.2) is 9.84 Å². The van der Waals surface area contributed by atoms with Crippen molar-refractivity contribution in [3.63, 3.8) is 0 Å². The molecule has 0 aliphatic carbocycles. The molecule has 2 nitrogen and oxygen atoms in total. The van der Waals surface area contributed by atoms with Crippen LogP contribution in [0.1, 0.15) is 20.8 Å². The van der Waals surface area contributed by atoms with Crippen LogP contribution in [0.5, 0.6) is 0 Å². The lowest BCUT2D eigenvalue weighted by Crippen LogP contribution is -2.44. The molecular weight excluding hydrogens is 248 g/mol. The van der Waals surface area contributed by atoms with Crippen LogP contribution in [0.25, 0.3) is 0 Å². The summed E-state index contributed by atoms with van der Waals surface area (Å²) in [5.74, 6) is 0. The lowest BCUT2D eigenvalue weighted by Gasteiger charge is -2.36. The van der Waals surface area contributed by atoms with Crippen LogP contribution < -0.4 is 0 Å². The minimum absolute atomic E-state index is 0.0921. The zero-order valence-corrected chi connectivity index (χ0v) is 13.1. The first kappa shape index (κ1) is 14.4. The predicted molar refractivity (Wildman–Crippen MR) is 75.7 cm³/mol. The molecule has 0 amide bonds. The van der Waals surface area contributed by atoms with Crippen LogP contribution in [0.15, 0.2) is 35.2 Å². The van der Waals surface area contributed by atoms with Gasteiger partial charge in [-0.05, 0) is 17.2 Å². The maximum Gasteiger partial charge on any atom is 0.175 e. The van der Waals surface area contributed by atoms with Crippen molar-refractivity contribution in [2.75, 3.05) is 5.38 Å². The molecule has 1 rings (SSSR count). The maximum absolute atomic E-state index is 12.3. The van der Waals surface area contributed by atoms with Gasteiger partial charge in [-0.1, -0.05) is 52.1 Å². The molecule has 1 aromatic carbocycles. The Morgan fingerprint density at radius 2 is 1.53 bits per heavy atom. The van der Waals surface area contributed by atoms with Gasteiger partial charge < -0.3 is 0 Å². The Labute approximate surface area is 106 Å². The van der Waals surface area contributed by atoms with Crippen molar-refractivity contribution in [3.05, 3.63) is 30.3 Å². The molecule has 0 fully saturated rings. The van der Waals surface area contributed by atoms with Crippen molar-refractivity contribution in [2.45, 2.75) is 43.8 Å². The zero-order valence-electron chi connectivity index (χ0n) is 11.3. The van der Waals surface area contributed by atoms with Gasteiger partial charge in [-0.3, -0.25) is 0 Å². The Hall–Kier alpha value is -0.613. The van der Waals surface area contributed by atoms with E-state index in [9.17, 15) is 8.42 Å². The van der Waals surface area contributed by atoms with Crippen LogP contribution in [0.2, 0.25) is 18.1 Å². The van der Waals surface area contributed by atoms with E-state index >= 15 is 0 Å².